The first-order valence-electron chi connectivity index (χ1n) is 5.55. The Balaban J connectivity index is 2.11. The van der Waals surface area contributed by atoms with Gasteiger partial charge in [0.05, 0.1) is 10.0 Å². The SMILES string of the molecule is Cc1c(Cl)nc2ncnn2c1Sc1ccc(Cl)c(Cl)c1. The summed E-state index contributed by atoms with van der Waals surface area (Å²) in [4.78, 5) is 9.15. The fraction of sp³-hybridized carbons (Fsp3) is 0.0833. The third-order valence-electron chi connectivity index (χ3n) is 2.66. The van der Waals surface area contributed by atoms with Crippen molar-refractivity contribution in [1.29, 1.82) is 0 Å². The van der Waals surface area contributed by atoms with Crippen LogP contribution >= 0.6 is 46.6 Å². The van der Waals surface area contributed by atoms with E-state index >= 15 is 0 Å². The first-order chi connectivity index (χ1) is 9.56. The molecule has 0 spiro atoms. The molecule has 0 aliphatic rings. The molecule has 0 aliphatic carbocycles. The molecule has 0 bridgehead atoms. The molecule has 3 rings (SSSR count). The van der Waals surface area contributed by atoms with Gasteiger partial charge in [0.2, 0.25) is 0 Å². The number of fused-ring (bicyclic) bond motifs is 1. The molecule has 2 heterocycles. The number of nitrogens with zero attached hydrogens (tertiary/aromatic N) is 4. The van der Waals surface area contributed by atoms with Gasteiger partial charge in [-0.2, -0.15) is 19.6 Å². The lowest BCUT2D eigenvalue weighted by molar-refractivity contribution is 0.825. The number of aromatic nitrogens is 4. The fourth-order valence-electron chi connectivity index (χ4n) is 1.65. The monoisotopic (exact) mass is 344 g/mol. The van der Waals surface area contributed by atoms with Gasteiger partial charge in [0.15, 0.2) is 0 Å². The van der Waals surface area contributed by atoms with Crippen LogP contribution in [0.3, 0.4) is 0 Å². The standard InChI is InChI=1S/C12H7Cl3N4S/c1-6-10(15)18-12-16-5-17-19(12)11(6)20-7-2-3-8(13)9(14)4-7/h2-5H,1H3. The van der Waals surface area contributed by atoms with Gasteiger partial charge < -0.3 is 0 Å². The van der Waals surface area contributed by atoms with Crippen LogP contribution in [0.4, 0.5) is 0 Å². The lowest BCUT2D eigenvalue weighted by Crippen LogP contribution is -1.99. The van der Waals surface area contributed by atoms with Gasteiger partial charge in [0.1, 0.15) is 16.5 Å². The van der Waals surface area contributed by atoms with Gasteiger partial charge in [0, 0.05) is 10.5 Å². The Morgan fingerprint density at radius 1 is 1.15 bits per heavy atom. The van der Waals surface area contributed by atoms with Crippen molar-refractivity contribution in [2.45, 2.75) is 16.8 Å². The van der Waals surface area contributed by atoms with E-state index in [0.29, 0.717) is 21.0 Å². The molecule has 102 valence electrons. The van der Waals surface area contributed by atoms with Crippen molar-refractivity contribution in [3.05, 3.63) is 45.3 Å². The fourth-order valence-corrected chi connectivity index (χ4v) is 3.23. The van der Waals surface area contributed by atoms with Crippen LogP contribution in [0.15, 0.2) is 34.4 Å². The van der Waals surface area contributed by atoms with E-state index in [0.717, 1.165) is 15.5 Å². The molecular formula is C12H7Cl3N4S. The Hall–Kier alpha value is -1.01. The lowest BCUT2D eigenvalue weighted by atomic mass is 10.4. The summed E-state index contributed by atoms with van der Waals surface area (Å²) < 4.78 is 1.65. The Bertz CT molecular complexity index is 803. The number of hydrogen-bond acceptors (Lipinski definition) is 4. The van der Waals surface area contributed by atoms with E-state index in [-0.39, 0.29) is 0 Å². The van der Waals surface area contributed by atoms with Crippen LogP contribution in [0.1, 0.15) is 5.56 Å². The van der Waals surface area contributed by atoms with Crippen molar-refractivity contribution in [2.24, 2.45) is 0 Å². The Labute approximate surface area is 134 Å². The zero-order chi connectivity index (χ0) is 14.3. The summed E-state index contributed by atoms with van der Waals surface area (Å²) in [5.41, 5.74) is 0.834. The highest BCUT2D eigenvalue weighted by atomic mass is 35.5. The van der Waals surface area contributed by atoms with Crippen molar-refractivity contribution in [2.75, 3.05) is 0 Å². The molecule has 0 N–H and O–H groups in total. The molecule has 20 heavy (non-hydrogen) atoms. The zero-order valence-electron chi connectivity index (χ0n) is 10.1. The second kappa shape index (κ2) is 5.41. The van der Waals surface area contributed by atoms with E-state index in [9.17, 15) is 0 Å². The third kappa shape index (κ3) is 2.46. The van der Waals surface area contributed by atoms with E-state index in [1.165, 1.54) is 18.1 Å². The molecule has 0 saturated heterocycles. The van der Waals surface area contributed by atoms with E-state index in [4.69, 9.17) is 34.8 Å². The smallest absolute Gasteiger partial charge is 0.199 e. The highest BCUT2D eigenvalue weighted by Gasteiger charge is 2.14. The van der Waals surface area contributed by atoms with Gasteiger partial charge in [0.25, 0.3) is 5.78 Å². The number of hydrogen-bond donors (Lipinski definition) is 0. The highest BCUT2D eigenvalue weighted by molar-refractivity contribution is 7.99. The number of rotatable bonds is 2. The maximum Gasteiger partial charge on any atom is 0.254 e. The predicted octanol–water partition coefficient (Wildman–Crippen LogP) is 4.54. The lowest BCUT2D eigenvalue weighted by Gasteiger charge is -2.09. The molecule has 4 nitrogen and oxygen atoms in total. The highest BCUT2D eigenvalue weighted by Crippen LogP contribution is 2.35. The van der Waals surface area contributed by atoms with Gasteiger partial charge in [-0.25, -0.2) is 0 Å². The van der Waals surface area contributed by atoms with Gasteiger partial charge >= 0.3 is 0 Å². The van der Waals surface area contributed by atoms with Crippen molar-refractivity contribution in [3.8, 4) is 0 Å². The average molecular weight is 346 g/mol. The molecule has 0 unspecified atom stereocenters. The summed E-state index contributed by atoms with van der Waals surface area (Å²) in [5.74, 6) is 0.461. The minimum absolute atomic E-state index is 0.410. The van der Waals surface area contributed by atoms with Gasteiger partial charge in [-0.15, -0.1) is 0 Å². The zero-order valence-corrected chi connectivity index (χ0v) is 13.2. The summed E-state index contributed by atoms with van der Waals surface area (Å²) in [6.45, 7) is 1.89. The Morgan fingerprint density at radius 2 is 1.95 bits per heavy atom. The third-order valence-corrected chi connectivity index (χ3v) is 4.93. The molecule has 0 amide bonds. The Kier molecular flexibility index (Phi) is 3.77. The molecule has 0 fully saturated rings. The van der Waals surface area contributed by atoms with Gasteiger partial charge in [-0.3, -0.25) is 0 Å². The summed E-state index contributed by atoms with van der Waals surface area (Å²) in [5, 5.41) is 6.44. The molecule has 3 aromatic rings. The summed E-state index contributed by atoms with van der Waals surface area (Å²) in [7, 11) is 0. The molecular weight excluding hydrogens is 339 g/mol. The van der Waals surface area contributed by atoms with Crippen LogP contribution in [-0.2, 0) is 0 Å². The van der Waals surface area contributed by atoms with Crippen LogP contribution in [-0.4, -0.2) is 19.6 Å². The predicted molar refractivity (Wildman–Crippen MR) is 81.1 cm³/mol. The maximum atomic E-state index is 6.12. The molecule has 0 radical (unpaired) electrons. The Morgan fingerprint density at radius 3 is 2.70 bits per heavy atom. The average Bonchev–Trinajstić information content (AvgIpc) is 2.87. The number of benzene rings is 1. The summed E-state index contributed by atoms with van der Waals surface area (Å²) in [6, 6.07) is 5.43. The first-order valence-corrected chi connectivity index (χ1v) is 7.50. The van der Waals surface area contributed by atoms with E-state index in [1.807, 2.05) is 13.0 Å². The molecule has 0 aliphatic heterocycles. The summed E-state index contributed by atoms with van der Waals surface area (Å²) >= 11 is 19.5. The quantitative estimate of drug-likeness (QED) is 0.639. The number of halogens is 3. The molecule has 0 saturated carbocycles. The molecule has 0 atom stereocenters. The normalized spacial score (nSPS) is 11.2. The second-order valence-corrected chi connectivity index (χ2v) is 6.22. The molecule has 2 aromatic heterocycles. The van der Waals surface area contributed by atoms with Crippen molar-refractivity contribution < 1.29 is 0 Å². The van der Waals surface area contributed by atoms with Crippen LogP contribution < -0.4 is 0 Å². The first kappa shape index (κ1) is 13.9. The van der Waals surface area contributed by atoms with Gasteiger partial charge in [-0.1, -0.05) is 46.6 Å². The van der Waals surface area contributed by atoms with Crippen LogP contribution in [0.2, 0.25) is 15.2 Å². The van der Waals surface area contributed by atoms with Crippen LogP contribution in [0, 0.1) is 6.92 Å². The largest absolute Gasteiger partial charge is 0.254 e. The minimum Gasteiger partial charge on any atom is -0.199 e. The van der Waals surface area contributed by atoms with Crippen molar-refractivity contribution >= 4 is 52.3 Å². The van der Waals surface area contributed by atoms with Gasteiger partial charge in [-0.05, 0) is 25.1 Å². The van der Waals surface area contributed by atoms with Crippen molar-refractivity contribution in [1.82, 2.24) is 19.6 Å². The molecule has 1 aromatic carbocycles. The van der Waals surface area contributed by atoms with E-state index < -0.39 is 0 Å². The van der Waals surface area contributed by atoms with E-state index in [1.54, 1.807) is 16.6 Å². The summed E-state index contributed by atoms with van der Waals surface area (Å²) in [6.07, 6.45) is 1.44. The topological polar surface area (TPSA) is 43.1 Å². The van der Waals surface area contributed by atoms with Crippen LogP contribution in [0.25, 0.3) is 5.78 Å². The molecule has 8 heteroatoms. The maximum absolute atomic E-state index is 6.12. The minimum atomic E-state index is 0.410. The van der Waals surface area contributed by atoms with Crippen molar-refractivity contribution in [3.63, 3.8) is 0 Å². The second-order valence-electron chi connectivity index (χ2n) is 3.98. The van der Waals surface area contributed by atoms with Crippen LogP contribution in [0.5, 0.6) is 0 Å². The van der Waals surface area contributed by atoms with E-state index in [2.05, 4.69) is 15.1 Å².